The maximum absolute atomic E-state index is 13.5. The van der Waals surface area contributed by atoms with E-state index in [2.05, 4.69) is 10.1 Å². The van der Waals surface area contributed by atoms with Crippen molar-refractivity contribution in [2.45, 2.75) is 13.0 Å². The minimum absolute atomic E-state index is 0.0525. The van der Waals surface area contributed by atoms with Crippen molar-refractivity contribution in [3.63, 3.8) is 0 Å². The van der Waals surface area contributed by atoms with E-state index < -0.39 is 22.3 Å². The number of amides is 1. The zero-order valence-corrected chi connectivity index (χ0v) is 14.6. The summed E-state index contributed by atoms with van der Waals surface area (Å²) in [6, 6.07) is 10.2. The first-order valence-electron chi connectivity index (χ1n) is 8.04. The van der Waals surface area contributed by atoms with Crippen LogP contribution in [0.4, 0.5) is 10.1 Å². The summed E-state index contributed by atoms with van der Waals surface area (Å²) in [5.41, 5.74) is 1.02. The highest BCUT2D eigenvalue weighted by Crippen LogP contribution is 2.24. The second kappa shape index (κ2) is 7.32. The van der Waals surface area contributed by atoms with Crippen LogP contribution in [0.1, 0.15) is 28.9 Å². The third kappa shape index (κ3) is 3.66. The zero-order chi connectivity index (χ0) is 19.6. The SMILES string of the molecule is C[C@H](c1ccc(-n2cncn2)cc1)N(C)C(=O)c1ccc(F)c([N+](=O)[O-])c1. The molecule has 8 nitrogen and oxygen atoms in total. The van der Waals surface area contributed by atoms with Crippen molar-refractivity contribution in [3.05, 3.63) is 82.2 Å². The molecule has 3 aromatic rings. The first-order valence-corrected chi connectivity index (χ1v) is 8.04. The Morgan fingerprint density at radius 1 is 1.26 bits per heavy atom. The number of nitro benzene ring substituents is 1. The third-order valence-corrected chi connectivity index (χ3v) is 4.35. The number of halogens is 1. The maximum Gasteiger partial charge on any atom is 0.305 e. The van der Waals surface area contributed by atoms with Gasteiger partial charge in [0.2, 0.25) is 5.82 Å². The highest BCUT2D eigenvalue weighted by Gasteiger charge is 2.23. The van der Waals surface area contributed by atoms with E-state index in [4.69, 9.17) is 0 Å². The summed E-state index contributed by atoms with van der Waals surface area (Å²) in [7, 11) is 1.59. The van der Waals surface area contributed by atoms with Crippen LogP contribution in [0.25, 0.3) is 5.69 Å². The Morgan fingerprint density at radius 3 is 2.56 bits per heavy atom. The van der Waals surface area contributed by atoms with E-state index in [1.165, 1.54) is 17.3 Å². The molecule has 0 aliphatic carbocycles. The third-order valence-electron chi connectivity index (χ3n) is 4.35. The first-order chi connectivity index (χ1) is 12.9. The topological polar surface area (TPSA) is 94.2 Å². The maximum atomic E-state index is 13.5. The van der Waals surface area contributed by atoms with Crippen LogP contribution in [-0.4, -0.2) is 37.5 Å². The highest BCUT2D eigenvalue weighted by molar-refractivity contribution is 5.95. The molecule has 0 fully saturated rings. The van der Waals surface area contributed by atoms with Crippen LogP contribution in [0.15, 0.2) is 55.1 Å². The van der Waals surface area contributed by atoms with Gasteiger partial charge in [-0.15, -0.1) is 0 Å². The summed E-state index contributed by atoms with van der Waals surface area (Å²) in [4.78, 5) is 28.0. The van der Waals surface area contributed by atoms with Gasteiger partial charge in [0.25, 0.3) is 5.91 Å². The Kier molecular flexibility index (Phi) is 4.93. The van der Waals surface area contributed by atoms with Crippen molar-refractivity contribution >= 4 is 11.6 Å². The van der Waals surface area contributed by atoms with Gasteiger partial charge in [0, 0.05) is 18.7 Å². The van der Waals surface area contributed by atoms with Gasteiger partial charge in [-0.3, -0.25) is 14.9 Å². The summed E-state index contributed by atoms with van der Waals surface area (Å²) in [5.74, 6) is -1.41. The van der Waals surface area contributed by atoms with E-state index in [9.17, 15) is 19.3 Å². The monoisotopic (exact) mass is 369 g/mol. The van der Waals surface area contributed by atoms with Gasteiger partial charge in [-0.05, 0) is 36.8 Å². The molecule has 138 valence electrons. The number of hydrogen-bond acceptors (Lipinski definition) is 5. The van der Waals surface area contributed by atoms with Crippen LogP contribution >= 0.6 is 0 Å². The lowest BCUT2D eigenvalue weighted by atomic mass is 10.1. The van der Waals surface area contributed by atoms with Gasteiger partial charge in [0.15, 0.2) is 0 Å². The minimum atomic E-state index is -0.976. The lowest BCUT2D eigenvalue weighted by Crippen LogP contribution is -2.29. The van der Waals surface area contributed by atoms with Crippen molar-refractivity contribution in [2.75, 3.05) is 7.05 Å². The van der Waals surface area contributed by atoms with Crippen molar-refractivity contribution in [3.8, 4) is 5.69 Å². The lowest BCUT2D eigenvalue weighted by molar-refractivity contribution is -0.387. The van der Waals surface area contributed by atoms with E-state index in [0.717, 1.165) is 23.4 Å². The van der Waals surface area contributed by atoms with E-state index in [-0.39, 0.29) is 11.6 Å². The summed E-state index contributed by atoms with van der Waals surface area (Å²) in [5, 5.41) is 14.9. The van der Waals surface area contributed by atoms with Gasteiger partial charge in [0.05, 0.1) is 16.7 Å². The second-order valence-electron chi connectivity index (χ2n) is 5.95. The van der Waals surface area contributed by atoms with Gasteiger partial charge in [-0.2, -0.15) is 9.49 Å². The molecule has 0 saturated carbocycles. The molecule has 0 bridgehead atoms. The molecular formula is C18H16FN5O3. The van der Waals surface area contributed by atoms with Crippen LogP contribution in [0.2, 0.25) is 0 Å². The number of rotatable bonds is 5. The molecule has 2 aromatic carbocycles. The molecule has 9 heteroatoms. The fraction of sp³-hybridized carbons (Fsp3) is 0.167. The number of hydrogen-bond donors (Lipinski definition) is 0. The summed E-state index contributed by atoms with van der Waals surface area (Å²) in [6.45, 7) is 1.83. The van der Waals surface area contributed by atoms with Gasteiger partial charge < -0.3 is 4.90 Å². The molecule has 3 rings (SSSR count). The molecule has 1 atom stereocenters. The van der Waals surface area contributed by atoms with Crippen LogP contribution in [-0.2, 0) is 0 Å². The molecule has 1 aromatic heterocycles. The van der Waals surface area contributed by atoms with Crippen LogP contribution in [0.5, 0.6) is 0 Å². The van der Waals surface area contributed by atoms with Crippen molar-refractivity contribution in [1.82, 2.24) is 19.7 Å². The van der Waals surface area contributed by atoms with Crippen LogP contribution in [0, 0.1) is 15.9 Å². The average Bonchev–Trinajstić information content (AvgIpc) is 3.21. The van der Waals surface area contributed by atoms with Crippen molar-refractivity contribution < 1.29 is 14.1 Å². The molecular weight excluding hydrogens is 353 g/mol. The fourth-order valence-electron chi connectivity index (χ4n) is 2.64. The second-order valence-corrected chi connectivity index (χ2v) is 5.95. The molecule has 0 N–H and O–H groups in total. The quantitative estimate of drug-likeness (QED) is 0.509. The standard InChI is InChI=1S/C18H16FN5O3/c1-12(13-3-6-15(7-4-13)23-11-20-10-21-23)22(2)18(25)14-5-8-16(19)17(9-14)24(26)27/h3-12H,1-2H3/t12-/m1/s1. The minimum Gasteiger partial charge on any atom is -0.335 e. The molecule has 0 unspecified atom stereocenters. The molecule has 0 saturated heterocycles. The number of aromatic nitrogens is 3. The van der Waals surface area contributed by atoms with Crippen molar-refractivity contribution in [2.24, 2.45) is 0 Å². The number of carbonyl (C=O) groups is 1. The fourth-order valence-corrected chi connectivity index (χ4v) is 2.64. The number of nitrogens with zero attached hydrogens (tertiary/aromatic N) is 5. The predicted octanol–water partition coefficient (Wildman–Crippen LogP) is 3.15. The summed E-state index contributed by atoms with van der Waals surface area (Å²) in [6.07, 6.45) is 3.01. The molecule has 0 radical (unpaired) electrons. The summed E-state index contributed by atoms with van der Waals surface area (Å²) < 4.78 is 15.1. The first kappa shape index (κ1) is 18.2. The van der Waals surface area contributed by atoms with Gasteiger partial charge >= 0.3 is 5.69 Å². The van der Waals surface area contributed by atoms with Gasteiger partial charge in [0.1, 0.15) is 12.7 Å². The smallest absolute Gasteiger partial charge is 0.305 e. The number of nitro groups is 1. The average molecular weight is 369 g/mol. The van der Waals surface area contributed by atoms with Gasteiger partial charge in [-0.25, -0.2) is 9.67 Å². The van der Waals surface area contributed by atoms with E-state index in [1.54, 1.807) is 18.1 Å². The van der Waals surface area contributed by atoms with Gasteiger partial charge in [-0.1, -0.05) is 12.1 Å². The van der Waals surface area contributed by atoms with Crippen molar-refractivity contribution in [1.29, 1.82) is 0 Å². The number of carbonyl (C=O) groups excluding carboxylic acids is 1. The molecule has 1 amide bonds. The Morgan fingerprint density at radius 2 is 1.96 bits per heavy atom. The normalized spacial score (nSPS) is 11.8. The Balaban J connectivity index is 1.80. The van der Waals surface area contributed by atoms with Crippen LogP contribution < -0.4 is 0 Å². The summed E-state index contributed by atoms with van der Waals surface area (Å²) >= 11 is 0. The zero-order valence-electron chi connectivity index (χ0n) is 14.6. The molecule has 1 heterocycles. The van der Waals surface area contributed by atoms with E-state index in [1.807, 2.05) is 31.2 Å². The Bertz CT molecular complexity index is 973. The largest absolute Gasteiger partial charge is 0.335 e. The van der Waals surface area contributed by atoms with Crippen LogP contribution in [0.3, 0.4) is 0 Å². The molecule has 0 aliphatic heterocycles. The number of benzene rings is 2. The Labute approximate surface area is 154 Å². The molecule has 27 heavy (non-hydrogen) atoms. The van der Waals surface area contributed by atoms with E-state index >= 15 is 0 Å². The van der Waals surface area contributed by atoms with E-state index in [0.29, 0.717) is 0 Å². The predicted molar refractivity (Wildman–Crippen MR) is 94.9 cm³/mol. The lowest BCUT2D eigenvalue weighted by Gasteiger charge is -2.25. The highest BCUT2D eigenvalue weighted by atomic mass is 19.1. The molecule has 0 aliphatic rings. The Hall–Kier alpha value is -3.62. The molecule has 0 spiro atoms.